The van der Waals surface area contributed by atoms with E-state index in [1.165, 1.54) is 5.56 Å². The quantitative estimate of drug-likeness (QED) is 0.634. The van der Waals surface area contributed by atoms with Gasteiger partial charge in [0.25, 0.3) is 0 Å². The van der Waals surface area contributed by atoms with E-state index in [2.05, 4.69) is 49.6 Å². The molecular weight excluding hydrogens is 280 g/mol. The molecule has 0 aromatic heterocycles. The Bertz CT molecular complexity index is 608. The maximum atomic E-state index is 6.38. The third kappa shape index (κ3) is 4.07. The summed E-state index contributed by atoms with van der Waals surface area (Å²) in [4.78, 5) is 0. The first-order valence-corrected chi connectivity index (χ1v) is 7.70. The van der Waals surface area contributed by atoms with E-state index < -0.39 is 0 Å². The van der Waals surface area contributed by atoms with E-state index in [-0.39, 0.29) is 6.04 Å². The van der Waals surface area contributed by atoms with Crippen LogP contribution < -0.4 is 11.3 Å². The number of hydrazine groups is 1. The zero-order valence-electron chi connectivity index (χ0n) is 12.9. The van der Waals surface area contributed by atoms with Crippen LogP contribution in [0, 0.1) is 12.8 Å². The van der Waals surface area contributed by atoms with Gasteiger partial charge in [0.15, 0.2) is 0 Å². The van der Waals surface area contributed by atoms with E-state index in [1.54, 1.807) is 0 Å². The summed E-state index contributed by atoms with van der Waals surface area (Å²) < 4.78 is 0. The summed E-state index contributed by atoms with van der Waals surface area (Å²) >= 11 is 6.38. The molecule has 3 N–H and O–H groups in total. The molecule has 2 nitrogen and oxygen atoms in total. The Morgan fingerprint density at radius 1 is 1.14 bits per heavy atom. The van der Waals surface area contributed by atoms with Gasteiger partial charge < -0.3 is 0 Å². The molecule has 1 unspecified atom stereocenters. The van der Waals surface area contributed by atoms with Crippen molar-refractivity contribution in [3.8, 4) is 0 Å². The summed E-state index contributed by atoms with van der Waals surface area (Å²) in [6.45, 7) is 6.48. The molecule has 0 saturated carbocycles. The van der Waals surface area contributed by atoms with Crippen molar-refractivity contribution >= 4 is 11.6 Å². The van der Waals surface area contributed by atoms with Crippen LogP contribution in [0.25, 0.3) is 0 Å². The molecular formula is C18H23ClN2. The lowest BCUT2D eigenvalue weighted by Crippen LogP contribution is -2.29. The molecule has 1 atom stereocenters. The topological polar surface area (TPSA) is 38.0 Å². The minimum absolute atomic E-state index is 0.0924. The minimum atomic E-state index is -0.0924. The minimum Gasteiger partial charge on any atom is -0.271 e. The zero-order valence-corrected chi connectivity index (χ0v) is 13.6. The standard InChI is InChI=1S/C18H23ClN2/c1-12(2)9-14-5-4-6-15(11-14)18(21-20)16-8-7-13(3)10-17(16)19/h4-8,10-12,18,21H,9,20H2,1-3H3. The molecule has 0 saturated heterocycles. The van der Waals surface area contributed by atoms with E-state index in [4.69, 9.17) is 17.4 Å². The molecule has 0 spiro atoms. The lowest BCUT2D eigenvalue weighted by atomic mass is 9.94. The Labute approximate surface area is 132 Å². The third-order valence-electron chi connectivity index (χ3n) is 3.56. The molecule has 2 rings (SSSR count). The Hall–Kier alpha value is -1.35. The molecule has 0 aliphatic rings. The molecule has 2 aromatic rings. The number of hydrogen-bond donors (Lipinski definition) is 2. The molecule has 0 fully saturated rings. The Kier molecular flexibility index (Phi) is 5.40. The van der Waals surface area contributed by atoms with Crippen LogP contribution in [-0.4, -0.2) is 0 Å². The van der Waals surface area contributed by atoms with Gasteiger partial charge in [0, 0.05) is 5.02 Å². The van der Waals surface area contributed by atoms with Gasteiger partial charge in [0.05, 0.1) is 6.04 Å². The third-order valence-corrected chi connectivity index (χ3v) is 3.89. The molecule has 0 amide bonds. The molecule has 0 radical (unpaired) electrons. The van der Waals surface area contributed by atoms with Gasteiger partial charge in [0.1, 0.15) is 0 Å². The normalized spacial score (nSPS) is 12.7. The average molecular weight is 303 g/mol. The fraction of sp³-hybridized carbons (Fsp3) is 0.333. The first kappa shape index (κ1) is 16.0. The van der Waals surface area contributed by atoms with E-state index in [0.29, 0.717) is 5.92 Å². The number of nitrogens with one attached hydrogen (secondary N) is 1. The summed E-state index contributed by atoms with van der Waals surface area (Å²) in [5.74, 6) is 6.42. The fourth-order valence-corrected chi connectivity index (χ4v) is 2.95. The Morgan fingerprint density at radius 3 is 2.52 bits per heavy atom. The average Bonchev–Trinajstić information content (AvgIpc) is 2.41. The van der Waals surface area contributed by atoms with E-state index in [1.807, 2.05) is 19.1 Å². The number of halogens is 1. The molecule has 3 heteroatoms. The smallest absolute Gasteiger partial charge is 0.0724 e. The number of benzene rings is 2. The van der Waals surface area contributed by atoms with Crippen molar-refractivity contribution in [1.29, 1.82) is 0 Å². The molecule has 112 valence electrons. The van der Waals surface area contributed by atoms with Crippen LogP contribution in [0.15, 0.2) is 42.5 Å². The lowest BCUT2D eigenvalue weighted by Gasteiger charge is -2.19. The van der Waals surface area contributed by atoms with Crippen molar-refractivity contribution in [3.63, 3.8) is 0 Å². The van der Waals surface area contributed by atoms with Gasteiger partial charge in [-0.2, -0.15) is 0 Å². The Balaban J connectivity index is 2.37. The molecule has 0 bridgehead atoms. The molecule has 0 aliphatic carbocycles. The van der Waals surface area contributed by atoms with Gasteiger partial charge in [-0.15, -0.1) is 0 Å². The number of aryl methyl sites for hydroxylation is 1. The second kappa shape index (κ2) is 7.08. The van der Waals surface area contributed by atoms with Crippen molar-refractivity contribution < 1.29 is 0 Å². The summed E-state index contributed by atoms with van der Waals surface area (Å²) in [5, 5.41) is 0.743. The molecule has 2 aromatic carbocycles. The van der Waals surface area contributed by atoms with Gasteiger partial charge in [-0.25, -0.2) is 5.43 Å². The van der Waals surface area contributed by atoms with Gasteiger partial charge >= 0.3 is 0 Å². The SMILES string of the molecule is Cc1ccc(C(NN)c2cccc(CC(C)C)c2)c(Cl)c1. The largest absolute Gasteiger partial charge is 0.271 e. The molecule has 0 heterocycles. The predicted octanol–water partition coefficient (Wildman–Crippen LogP) is 4.40. The summed E-state index contributed by atoms with van der Waals surface area (Å²) in [6, 6.07) is 14.5. The lowest BCUT2D eigenvalue weighted by molar-refractivity contribution is 0.628. The van der Waals surface area contributed by atoms with E-state index >= 15 is 0 Å². The number of rotatable bonds is 5. The van der Waals surface area contributed by atoms with Crippen molar-refractivity contribution in [2.24, 2.45) is 11.8 Å². The maximum Gasteiger partial charge on any atom is 0.0724 e. The van der Waals surface area contributed by atoms with Crippen LogP contribution in [0.1, 0.15) is 42.1 Å². The first-order valence-electron chi connectivity index (χ1n) is 7.32. The number of hydrogen-bond acceptors (Lipinski definition) is 2. The first-order chi connectivity index (χ1) is 10.0. The number of nitrogens with two attached hydrogens (primary N) is 1. The monoisotopic (exact) mass is 302 g/mol. The summed E-state index contributed by atoms with van der Waals surface area (Å²) in [6.07, 6.45) is 1.06. The molecule has 0 aliphatic heterocycles. The van der Waals surface area contributed by atoms with Crippen molar-refractivity contribution in [3.05, 3.63) is 69.7 Å². The van der Waals surface area contributed by atoms with Crippen LogP contribution in [0.2, 0.25) is 5.02 Å². The maximum absolute atomic E-state index is 6.38. The van der Waals surface area contributed by atoms with Crippen LogP contribution in [0.5, 0.6) is 0 Å². The highest BCUT2D eigenvalue weighted by Gasteiger charge is 2.16. The van der Waals surface area contributed by atoms with Gasteiger partial charge in [0.2, 0.25) is 0 Å². The zero-order chi connectivity index (χ0) is 15.4. The summed E-state index contributed by atoms with van der Waals surface area (Å²) in [5.41, 5.74) is 7.51. The fourth-order valence-electron chi connectivity index (χ4n) is 2.60. The van der Waals surface area contributed by atoms with Gasteiger partial charge in [-0.05, 0) is 47.6 Å². The van der Waals surface area contributed by atoms with Crippen LogP contribution in [-0.2, 0) is 6.42 Å². The highest BCUT2D eigenvalue weighted by atomic mass is 35.5. The van der Waals surface area contributed by atoms with Crippen LogP contribution in [0.4, 0.5) is 0 Å². The summed E-state index contributed by atoms with van der Waals surface area (Å²) in [7, 11) is 0. The second-order valence-electron chi connectivity index (χ2n) is 5.97. The van der Waals surface area contributed by atoms with E-state index in [0.717, 1.165) is 28.1 Å². The van der Waals surface area contributed by atoms with Crippen LogP contribution in [0.3, 0.4) is 0 Å². The molecule has 21 heavy (non-hydrogen) atoms. The van der Waals surface area contributed by atoms with Gasteiger partial charge in [-0.1, -0.05) is 61.8 Å². The van der Waals surface area contributed by atoms with E-state index in [9.17, 15) is 0 Å². The second-order valence-corrected chi connectivity index (χ2v) is 6.37. The predicted molar refractivity (Wildman–Crippen MR) is 90.3 cm³/mol. The van der Waals surface area contributed by atoms with Crippen molar-refractivity contribution in [2.45, 2.75) is 33.2 Å². The Morgan fingerprint density at radius 2 is 1.90 bits per heavy atom. The van der Waals surface area contributed by atoms with Crippen LogP contribution >= 0.6 is 11.6 Å². The van der Waals surface area contributed by atoms with Gasteiger partial charge in [-0.3, -0.25) is 5.84 Å². The van der Waals surface area contributed by atoms with Crippen molar-refractivity contribution in [1.82, 2.24) is 5.43 Å². The highest BCUT2D eigenvalue weighted by Crippen LogP contribution is 2.29. The van der Waals surface area contributed by atoms with Crippen molar-refractivity contribution in [2.75, 3.05) is 0 Å². The highest BCUT2D eigenvalue weighted by molar-refractivity contribution is 6.31.